The van der Waals surface area contributed by atoms with Gasteiger partial charge in [0.1, 0.15) is 0 Å². The second kappa shape index (κ2) is 5.99. The van der Waals surface area contributed by atoms with Crippen LogP contribution in [0.15, 0.2) is 58.8 Å². The molecule has 0 fully saturated rings. The van der Waals surface area contributed by atoms with Gasteiger partial charge in [-0.1, -0.05) is 30.3 Å². The third kappa shape index (κ3) is 2.73. The average Bonchev–Trinajstić information content (AvgIpc) is 2.83. The van der Waals surface area contributed by atoms with E-state index in [4.69, 9.17) is 0 Å². The number of aryl methyl sites for hydroxylation is 1. The number of para-hydroxylation sites is 1. The van der Waals surface area contributed by atoms with Crippen LogP contribution in [0, 0.1) is 0 Å². The lowest BCUT2D eigenvalue weighted by molar-refractivity contribution is -0.137. The minimum absolute atomic E-state index is 0.119. The fraction of sp³-hybridized carbons (Fsp3) is 0.176. The molecule has 1 N–H and O–H groups in total. The third-order valence-corrected chi connectivity index (χ3v) is 3.70. The first-order valence-electron chi connectivity index (χ1n) is 7.31. The molecule has 0 spiro atoms. The summed E-state index contributed by atoms with van der Waals surface area (Å²) < 4.78 is 40.7. The van der Waals surface area contributed by atoms with Crippen LogP contribution in [-0.2, 0) is 12.7 Å². The molecule has 0 atom stereocenters. The van der Waals surface area contributed by atoms with Gasteiger partial charge in [0.05, 0.1) is 16.8 Å². The Morgan fingerprint density at radius 3 is 2.38 bits per heavy atom. The maximum absolute atomic E-state index is 13.0. The lowest BCUT2D eigenvalue weighted by atomic mass is 10.2. The van der Waals surface area contributed by atoms with E-state index in [1.165, 1.54) is 18.2 Å². The van der Waals surface area contributed by atoms with Crippen LogP contribution >= 0.6 is 0 Å². The molecular weight excluding hydrogens is 319 g/mol. The molecular formula is C17H14F3N3O. The Kier molecular flexibility index (Phi) is 4.01. The number of aromatic nitrogens is 1. The Labute approximate surface area is 135 Å². The van der Waals surface area contributed by atoms with Crippen molar-refractivity contribution in [1.82, 2.24) is 4.57 Å². The molecule has 124 valence electrons. The summed E-state index contributed by atoms with van der Waals surface area (Å²) in [7, 11) is 0. The number of hydrogen-bond acceptors (Lipinski definition) is 3. The normalized spacial score (nSPS) is 12.3. The largest absolute Gasteiger partial charge is 0.493 e. The Morgan fingerprint density at radius 1 is 1.00 bits per heavy atom. The molecule has 0 aliphatic heterocycles. The van der Waals surface area contributed by atoms with E-state index in [2.05, 4.69) is 10.2 Å². The lowest BCUT2D eigenvalue weighted by Crippen LogP contribution is -2.04. The van der Waals surface area contributed by atoms with Crippen LogP contribution in [0.25, 0.3) is 10.9 Å². The highest BCUT2D eigenvalue weighted by atomic mass is 19.4. The molecule has 3 aromatic rings. The van der Waals surface area contributed by atoms with E-state index in [0.29, 0.717) is 11.9 Å². The van der Waals surface area contributed by atoms with E-state index in [1.807, 2.05) is 13.0 Å². The number of aromatic hydroxyl groups is 1. The predicted octanol–water partition coefficient (Wildman–Crippen LogP) is 5.80. The van der Waals surface area contributed by atoms with Gasteiger partial charge < -0.3 is 9.67 Å². The Bertz CT molecular complexity index is 913. The fourth-order valence-electron chi connectivity index (χ4n) is 2.59. The van der Waals surface area contributed by atoms with Crippen molar-refractivity contribution in [3.05, 3.63) is 54.1 Å². The maximum atomic E-state index is 13.0. The molecule has 0 unspecified atom stereocenters. The first-order valence-corrected chi connectivity index (χ1v) is 7.31. The number of rotatable bonds is 3. The molecule has 1 aromatic heterocycles. The number of fused-ring (bicyclic) bond motifs is 1. The van der Waals surface area contributed by atoms with Crippen LogP contribution in [-0.4, -0.2) is 9.67 Å². The van der Waals surface area contributed by atoms with Gasteiger partial charge in [-0.2, -0.15) is 13.2 Å². The average molecular weight is 333 g/mol. The third-order valence-electron chi connectivity index (χ3n) is 3.70. The smallest absolute Gasteiger partial charge is 0.418 e. The van der Waals surface area contributed by atoms with Gasteiger partial charge in [-0.15, -0.1) is 10.2 Å². The van der Waals surface area contributed by atoms with Crippen LogP contribution in [0.1, 0.15) is 12.5 Å². The maximum Gasteiger partial charge on any atom is 0.418 e. The van der Waals surface area contributed by atoms with Crippen LogP contribution in [0.5, 0.6) is 5.88 Å². The lowest BCUT2D eigenvalue weighted by Gasteiger charge is -2.08. The van der Waals surface area contributed by atoms with Crippen molar-refractivity contribution >= 4 is 22.3 Å². The fourth-order valence-corrected chi connectivity index (χ4v) is 2.59. The van der Waals surface area contributed by atoms with Gasteiger partial charge in [0.2, 0.25) is 5.88 Å². The number of hydrogen-bond donors (Lipinski definition) is 1. The van der Waals surface area contributed by atoms with Crippen molar-refractivity contribution in [3.8, 4) is 5.88 Å². The minimum atomic E-state index is -4.52. The van der Waals surface area contributed by atoms with Crippen molar-refractivity contribution in [1.29, 1.82) is 0 Å². The second-order valence-electron chi connectivity index (χ2n) is 5.15. The molecule has 0 amide bonds. The van der Waals surface area contributed by atoms with Crippen LogP contribution in [0.4, 0.5) is 24.5 Å². The zero-order valence-corrected chi connectivity index (χ0v) is 12.7. The molecule has 0 aliphatic carbocycles. The first kappa shape index (κ1) is 16.0. The summed E-state index contributed by atoms with van der Waals surface area (Å²) in [6.07, 6.45) is -4.52. The van der Waals surface area contributed by atoms with E-state index in [9.17, 15) is 18.3 Å². The summed E-state index contributed by atoms with van der Waals surface area (Å²) in [5.74, 6) is -0.119. The highest BCUT2D eigenvalue weighted by Crippen LogP contribution is 2.41. The van der Waals surface area contributed by atoms with Gasteiger partial charge in [0.15, 0.2) is 5.69 Å². The molecule has 3 rings (SSSR count). The molecule has 0 saturated carbocycles. The van der Waals surface area contributed by atoms with Gasteiger partial charge in [0, 0.05) is 11.9 Å². The second-order valence-corrected chi connectivity index (χ2v) is 5.15. The van der Waals surface area contributed by atoms with Gasteiger partial charge in [-0.25, -0.2) is 0 Å². The van der Waals surface area contributed by atoms with E-state index in [-0.39, 0.29) is 17.3 Å². The van der Waals surface area contributed by atoms with Gasteiger partial charge >= 0.3 is 6.18 Å². The van der Waals surface area contributed by atoms with Gasteiger partial charge in [-0.05, 0) is 25.1 Å². The van der Waals surface area contributed by atoms with Crippen molar-refractivity contribution in [2.75, 3.05) is 0 Å². The van der Waals surface area contributed by atoms with Crippen LogP contribution < -0.4 is 0 Å². The van der Waals surface area contributed by atoms with Crippen molar-refractivity contribution in [3.63, 3.8) is 0 Å². The van der Waals surface area contributed by atoms with Gasteiger partial charge in [0.25, 0.3) is 0 Å². The van der Waals surface area contributed by atoms with Crippen molar-refractivity contribution < 1.29 is 18.3 Å². The highest BCUT2D eigenvalue weighted by Gasteiger charge is 2.33. The Balaban J connectivity index is 2.12. The topological polar surface area (TPSA) is 49.9 Å². The minimum Gasteiger partial charge on any atom is -0.493 e. The summed E-state index contributed by atoms with van der Waals surface area (Å²) in [5.41, 5.74) is -0.259. The Hall–Kier alpha value is -2.83. The quantitative estimate of drug-likeness (QED) is 0.605. The molecule has 4 nitrogen and oxygen atoms in total. The van der Waals surface area contributed by atoms with E-state index < -0.39 is 11.7 Å². The van der Waals surface area contributed by atoms with E-state index in [0.717, 1.165) is 11.6 Å². The summed E-state index contributed by atoms with van der Waals surface area (Å²) in [5, 5.41) is 18.6. The first-order chi connectivity index (χ1) is 11.4. The van der Waals surface area contributed by atoms with Crippen molar-refractivity contribution in [2.45, 2.75) is 19.6 Å². The molecule has 7 heteroatoms. The molecule has 0 radical (unpaired) electrons. The summed E-state index contributed by atoms with van der Waals surface area (Å²) in [4.78, 5) is 0. The molecule has 24 heavy (non-hydrogen) atoms. The number of nitrogens with zero attached hydrogens (tertiary/aromatic N) is 3. The SMILES string of the molecule is CCn1c(O)c(N=Nc2ccccc2C(F)(F)F)c2ccccc21. The molecule has 0 bridgehead atoms. The number of halogens is 3. The zero-order chi connectivity index (χ0) is 17.3. The number of alkyl halides is 3. The molecule has 0 saturated heterocycles. The zero-order valence-electron chi connectivity index (χ0n) is 12.7. The summed E-state index contributed by atoms with van der Waals surface area (Å²) in [6, 6.07) is 12.1. The number of benzene rings is 2. The van der Waals surface area contributed by atoms with E-state index in [1.54, 1.807) is 22.8 Å². The number of azo groups is 1. The van der Waals surface area contributed by atoms with Crippen LogP contribution in [0.2, 0.25) is 0 Å². The van der Waals surface area contributed by atoms with Crippen molar-refractivity contribution in [2.24, 2.45) is 10.2 Å². The highest BCUT2D eigenvalue weighted by molar-refractivity contribution is 5.95. The standard InChI is InChI=1S/C17H14F3N3O/c1-2-23-14-10-6-3-7-11(14)15(16(23)24)22-21-13-9-5-4-8-12(13)17(18,19)20/h3-10,24H,2H2,1H3. The monoisotopic (exact) mass is 333 g/mol. The van der Waals surface area contributed by atoms with Crippen LogP contribution in [0.3, 0.4) is 0 Å². The van der Waals surface area contributed by atoms with E-state index >= 15 is 0 Å². The predicted molar refractivity (Wildman–Crippen MR) is 84.9 cm³/mol. The summed E-state index contributed by atoms with van der Waals surface area (Å²) in [6.45, 7) is 2.35. The Morgan fingerprint density at radius 2 is 1.67 bits per heavy atom. The van der Waals surface area contributed by atoms with Gasteiger partial charge in [-0.3, -0.25) is 0 Å². The molecule has 1 heterocycles. The molecule has 2 aromatic carbocycles. The molecule has 0 aliphatic rings. The summed E-state index contributed by atoms with van der Waals surface area (Å²) >= 11 is 0.